The number of thiol groups is 1. The summed E-state index contributed by atoms with van der Waals surface area (Å²) in [6, 6.07) is 9.34. The van der Waals surface area contributed by atoms with Gasteiger partial charge in [0.1, 0.15) is 0 Å². The van der Waals surface area contributed by atoms with Crippen LogP contribution >= 0.6 is 12.6 Å². The Morgan fingerprint density at radius 1 is 1.35 bits per heavy atom. The molecule has 0 radical (unpaired) electrons. The minimum Gasteiger partial charge on any atom is -0.352 e. The first-order chi connectivity index (χ1) is 9.58. The van der Waals surface area contributed by atoms with E-state index in [1.165, 1.54) is 0 Å². The van der Waals surface area contributed by atoms with Gasteiger partial charge in [0, 0.05) is 23.7 Å². The van der Waals surface area contributed by atoms with Gasteiger partial charge >= 0.3 is 0 Å². The molecule has 0 bridgehead atoms. The number of nitrogens with zero attached hydrogens (tertiary/aromatic N) is 2. The van der Waals surface area contributed by atoms with Crippen LogP contribution in [0.5, 0.6) is 0 Å². The first-order valence-corrected chi connectivity index (χ1v) is 7.10. The molecule has 5 heteroatoms. The molecule has 0 aliphatic rings. The lowest BCUT2D eigenvalue weighted by Gasteiger charge is -2.08. The Bertz CT molecular complexity index is 607. The Morgan fingerprint density at radius 3 is 2.75 bits per heavy atom. The summed E-state index contributed by atoms with van der Waals surface area (Å²) in [5, 5.41) is 7.30. The number of carbonyl (C=O) groups is 1. The van der Waals surface area contributed by atoms with Crippen molar-refractivity contribution < 1.29 is 4.79 Å². The van der Waals surface area contributed by atoms with Crippen LogP contribution in [0.25, 0.3) is 0 Å². The molecule has 20 heavy (non-hydrogen) atoms. The largest absolute Gasteiger partial charge is 0.352 e. The number of rotatable bonds is 5. The average molecular weight is 289 g/mol. The number of benzene rings is 1. The molecule has 1 heterocycles. The van der Waals surface area contributed by atoms with Crippen molar-refractivity contribution in [3.8, 4) is 0 Å². The Labute approximate surface area is 124 Å². The minimum atomic E-state index is -0.0797. The molecule has 4 nitrogen and oxygen atoms in total. The van der Waals surface area contributed by atoms with E-state index in [2.05, 4.69) is 29.1 Å². The van der Waals surface area contributed by atoms with Crippen molar-refractivity contribution in [3.05, 3.63) is 47.3 Å². The lowest BCUT2D eigenvalue weighted by atomic mass is 10.2. The van der Waals surface area contributed by atoms with Gasteiger partial charge in [-0.25, -0.2) is 0 Å². The van der Waals surface area contributed by atoms with Gasteiger partial charge in [-0.1, -0.05) is 12.1 Å². The van der Waals surface area contributed by atoms with Crippen molar-refractivity contribution in [1.82, 2.24) is 15.1 Å². The Balaban J connectivity index is 1.80. The zero-order valence-corrected chi connectivity index (χ0v) is 12.7. The molecule has 0 fully saturated rings. The fourth-order valence-electron chi connectivity index (χ4n) is 2.09. The van der Waals surface area contributed by atoms with Crippen LogP contribution in [0, 0.1) is 13.8 Å². The predicted molar refractivity (Wildman–Crippen MR) is 82.3 cm³/mol. The van der Waals surface area contributed by atoms with Crippen molar-refractivity contribution in [2.75, 3.05) is 6.54 Å². The van der Waals surface area contributed by atoms with Gasteiger partial charge in [0.25, 0.3) is 5.91 Å². The Hall–Kier alpha value is -1.75. The molecule has 0 unspecified atom stereocenters. The second-order valence-corrected chi connectivity index (χ2v) is 5.26. The number of hydrogen-bond acceptors (Lipinski definition) is 3. The predicted octanol–water partition coefficient (Wildman–Crippen LogP) is 2.61. The zero-order valence-electron chi connectivity index (χ0n) is 11.8. The van der Waals surface area contributed by atoms with Gasteiger partial charge in [-0.05, 0) is 38.5 Å². The Kier molecular flexibility index (Phi) is 4.84. The van der Waals surface area contributed by atoms with E-state index in [1.54, 1.807) is 6.07 Å². The topological polar surface area (TPSA) is 46.9 Å². The van der Waals surface area contributed by atoms with Crippen molar-refractivity contribution in [2.24, 2.45) is 0 Å². The summed E-state index contributed by atoms with van der Waals surface area (Å²) in [6.07, 6.45) is 0.850. The van der Waals surface area contributed by atoms with Crippen LogP contribution in [0.4, 0.5) is 0 Å². The van der Waals surface area contributed by atoms with Gasteiger partial charge in [0.05, 0.1) is 11.3 Å². The van der Waals surface area contributed by atoms with E-state index < -0.39 is 0 Å². The molecule has 1 amide bonds. The smallest absolute Gasteiger partial charge is 0.252 e. The molecule has 106 valence electrons. The van der Waals surface area contributed by atoms with Gasteiger partial charge in [-0.2, -0.15) is 5.10 Å². The van der Waals surface area contributed by atoms with Crippen LogP contribution in [-0.4, -0.2) is 22.2 Å². The van der Waals surface area contributed by atoms with E-state index in [4.69, 9.17) is 0 Å². The second-order valence-electron chi connectivity index (χ2n) is 4.78. The van der Waals surface area contributed by atoms with Gasteiger partial charge in [0.2, 0.25) is 0 Å². The summed E-state index contributed by atoms with van der Waals surface area (Å²) in [7, 11) is 0. The number of nitrogens with one attached hydrogen (secondary N) is 1. The van der Waals surface area contributed by atoms with Crippen LogP contribution in [0.1, 0.15) is 28.2 Å². The van der Waals surface area contributed by atoms with E-state index >= 15 is 0 Å². The third-order valence-electron chi connectivity index (χ3n) is 3.08. The fourth-order valence-corrected chi connectivity index (χ4v) is 2.36. The summed E-state index contributed by atoms with van der Waals surface area (Å²) in [4.78, 5) is 12.7. The summed E-state index contributed by atoms with van der Waals surface area (Å²) in [5.41, 5.74) is 2.78. The highest BCUT2D eigenvalue weighted by atomic mass is 32.1. The summed E-state index contributed by atoms with van der Waals surface area (Å²) in [6.45, 7) is 5.45. The molecule has 0 spiro atoms. The van der Waals surface area contributed by atoms with Crippen molar-refractivity contribution in [3.63, 3.8) is 0 Å². The van der Waals surface area contributed by atoms with Crippen LogP contribution in [0.15, 0.2) is 35.2 Å². The van der Waals surface area contributed by atoms with Crippen molar-refractivity contribution in [2.45, 2.75) is 31.7 Å². The van der Waals surface area contributed by atoms with Crippen molar-refractivity contribution >= 4 is 18.5 Å². The summed E-state index contributed by atoms with van der Waals surface area (Å²) < 4.78 is 1.97. The average Bonchev–Trinajstić information content (AvgIpc) is 2.73. The number of carbonyl (C=O) groups excluding carboxylic acids is 1. The molecule has 2 aromatic rings. The van der Waals surface area contributed by atoms with E-state index in [1.807, 2.05) is 36.7 Å². The van der Waals surface area contributed by atoms with Gasteiger partial charge < -0.3 is 5.32 Å². The third-order valence-corrected chi connectivity index (χ3v) is 3.47. The monoisotopic (exact) mass is 289 g/mol. The zero-order chi connectivity index (χ0) is 14.5. The second kappa shape index (κ2) is 6.61. The number of amides is 1. The minimum absolute atomic E-state index is 0.0797. The maximum Gasteiger partial charge on any atom is 0.252 e. The van der Waals surface area contributed by atoms with Crippen LogP contribution in [0.3, 0.4) is 0 Å². The van der Waals surface area contributed by atoms with Crippen LogP contribution in [0.2, 0.25) is 0 Å². The highest BCUT2D eigenvalue weighted by Crippen LogP contribution is 2.12. The van der Waals surface area contributed by atoms with Crippen LogP contribution in [-0.2, 0) is 6.54 Å². The maximum atomic E-state index is 12.0. The van der Waals surface area contributed by atoms with E-state index in [9.17, 15) is 4.79 Å². The highest BCUT2D eigenvalue weighted by molar-refractivity contribution is 7.80. The number of aromatic nitrogens is 2. The van der Waals surface area contributed by atoms with E-state index in [-0.39, 0.29) is 5.91 Å². The van der Waals surface area contributed by atoms with Crippen LogP contribution < -0.4 is 5.32 Å². The molecular weight excluding hydrogens is 270 g/mol. The lowest BCUT2D eigenvalue weighted by Crippen LogP contribution is -2.25. The molecule has 2 rings (SSSR count). The SMILES string of the molecule is Cc1cc(C)n(CCCNC(=O)c2ccccc2S)n1. The molecule has 1 aromatic heterocycles. The number of aryl methyl sites for hydroxylation is 3. The van der Waals surface area contributed by atoms with E-state index in [0.717, 1.165) is 24.4 Å². The number of hydrogen-bond donors (Lipinski definition) is 2. The highest BCUT2D eigenvalue weighted by Gasteiger charge is 2.07. The molecule has 0 aliphatic carbocycles. The molecule has 0 saturated carbocycles. The first-order valence-electron chi connectivity index (χ1n) is 6.65. The van der Waals surface area contributed by atoms with Gasteiger partial charge in [0.15, 0.2) is 0 Å². The van der Waals surface area contributed by atoms with Gasteiger partial charge in [-0.15, -0.1) is 12.6 Å². The first kappa shape index (κ1) is 14.7. The maximum absolute atomic E-state index is 12.0. The molecule has 0 atom stereocenters. The molecule has 1 aromatic carbocycles. The van der Waals surface area contributed by atoms with Gasteiger partial charge in [-0.3, -0.25) is 9.48 Å². The lowest BCUT2D eigenvalue weighted by molar-refractivity contribution is 0.0949. The third kappa shape index (κ3) is 3.63. The standard InChI is InChI=1S/C15H19N3OS/c1-11-10-12(2)18(17-11)9-5-8-16-15(19)13-6-3-4-7-14(13)20/h3-4,6-7,10,20H,5,8-9H2,1-2H3,(H,16,19). The summed E-state index contributed by atoms with van der Waals surface area (Å²) >= 11 is 4.28. The normalized spacial score (nSPS) is 10.6. The molecule has 0 saturated heterocycles. The fraction of sp³-hybridized carbons (Fsp3) is 0.333. The Morgan fingerprint density at radius 2 is 2.10 bits per heavy atom. The summed E-state index contributed by atoms with van der Waals surface area (Å²) in [5.74, 6) is -0.0797. The quantitative estimate of drug-likeness (QED) is 0.656. The molecular formula is C15H19N3OS. The molecule has 1 N–H and O–H groups in total. The van der Waals surface area contributed by atoms with Crippen molar-refractivity contribution in [1.29, 1.82) is 0 Å². The molecule has 0 aliphatic heterocycles. The van der Waals surface area contributed by atoms with E-state index in [0.29, 0.717) is 17.0 Å².